The lowest BCUT2D eigenvalue weighted by atomic mass is 10.3. The van der Waals surface area contributed by atoms with Gasteiger partial charge in [-0.1, -0.05) is 0 Å². The second-order valence-electron chi connectivity index (χ2n) is 4.03. The predicted octanol–water partition coefficient (Wildman–Crippen LogP) is 3.35. The molecule has 0 saturated heterocycles. The highest BCUT2D eigenvalue weighted by Gasteiger charge is 2.13. The minimum atomic E-state index is -0.542. The first-order valence-corrected chi connectivity index (χ1v) is 6.65. The molecule has 2 aromatic rings. The lowest BCUT2D eigenvalue weighted by Crippen LogP contribution is -2.00. The summed E-state index contributed by atoms with van der Waals surface area (Å²) in [7, 11) is 1.27. The van der Waals surface area contributed by atoms with E-state index in [0.717, 1.165) is 0 Å². The first-order chi connectivity index (χ1) is 10.0. The van der Waals surface area contributed by atoms with Gasteiger partial charge < -0.3 is 14.5 Å². The molecule has 1 aromatic heterocycles. The third kappa shape index (κ3) is 3.60. The summed E-state index contributed by atoms with van der Waals surface area (Å²) in [6, 6.07) is 7.76. The van der Waals surface area contributed by atoms with Crippen LogP contribution in [0.4, 0.5) is 11.4 Å². The van der Waals surface area contributed by atoms with Gasteiger partial charge in [-0.25, -0.2) is 4.79 Å². The fourth-order valence-corrected chi connectivity index (χ4v) is 2.16. The number of furan rings is 1. The normalized spacial score (nSPS) is 10.2. The highest BCUT2D eigenvalue weighted by molar-refractivity contribution is 9.10. The number of benzene rings is 1. The minimum Gasteiger partial charge on any atom is -0.463 e. The SMILES string of the molecule is COC(=O)c1ccc(CNc2ccc([N+](=O)[O-])c(Br)c2)o1. The van der Waals surface area contributed by atoms with E-state index in [1.165, 1.54) is 19.2 Å². The van der Waals surface area contributed by atoms with Crippen molar-refractivity contribution in [2.24, 2.45) is 0 Å². The number of nitro benzene ring substituents is 1. The van der Waals surface area contributed by atoms with Gasteiger partial charge in [0.15, 0.2) is 0 Å². The van der Waals surface area contributed by atoms with Crippen molar-refractivity contribution >= 4 is 33.3 Å². The van der Waals surface area contributed by atoms with Crippen molar-refractivity contribution in [3.63, 3.8) is 0 Å². The summed E-state index contributed by atoms with van der Waals surface area (Å²) in [4.78, 5) is 21.5. The summed E-state index contributed by atoms with van der Waals surface area (Å²) in [5.74, 6) is 0.128. The minimum absolute atomic E-state index is 0.00785. The lowest BCUT2D eigenvalue weighted by molar-refractivity contribution is -0.385. The number of nitrogens with zero attached hydrogens (tertiary/aromatic N) is 1. The maximum Gasteiger partial charge on any atom is 0.373 e. The van der Waals surface area contributed by atoms with Crippen LogP contribution in [0, 0.1) is 10.1 Å². The van der Waals surface area contributed by atoms with E-state index >= 15 is 0 Å². The number of halogens is 1. The molecule has 1 aromatic carbocycles. The van der Waals surface area contributed by atoms with Gasteiger partial charge in [-0.15, -0.1) is 0 Å². The molecule has 21 heavy (non-hydrogen) atoms. The number of nitro groups is 1. The molecular formula is C13H11BrN2O5. The number of ether oxygens (including phenoxy) is 1. The van der Waals surface area contributed by atoms with E-state index in [1.54, 1.807) is 18.2 Å². The van der Waals surface area contributed by atoms with Crippen molar-refractivity contribution in [2.75, 3.05) is 12.4 Å². The van der Waals surface area contributed by atoms with Crippen molar-refractivity contribution in [1.82, 2.24) is 0 Å². The molecule has 0 radical (unpaired) electrons. The summed E-state index contributed by atoms with van der Waals surface area (Å²) in [5.41, 5.74) is 0.676. The van der Waals surface area contributed by atoms with E-state index in [2.05, 4.69) is 26.0 Å². The quantitative estimate of drug-likeness (QED) is 0.502. The van der Waals surface area contributed by atoms with Crippen LogP contribution >= 0.6 is 15.9 Å². The first-order valence-electron chi connectivity index (χ1n) is 5.86. The number of carbonyl (C=O) groups is 1. The van der Waals surface area contributed by atoms with Crippen LogP contribution in [0.1, 0.15) is 16.3 Å². The number of esters is 1. The maximum atomic E-state index is 11.2. The van der Waals surface area contributed by atoms with Crippen LogP contribution < -0.4 is 5.32 Å². The number of nitrogens with one attached hydrogen (secondary N) is 1. The average molecular weight is 355 g/mol. The fraction of sp³-hybridized carbons (Fsp3) is 0.154. The van der Waals surface area contributed by atoms with E-state index in [9.17, 15) is 14.9 Å². The summed E-state index contributed by atoms with van der Waals surface area (Å²) in [6.45, 7) is 0.335. The van der Waals surface area contributed by atoms with Crippen LogP contribution in [0.3, 0.4) is 0 Å². The first kappa shape index (κ1) is 15.0. The highest BCUT2D eigenvalue weighted by atomic mass is 79.9. The van der Waals surface area contributed by atoms with Gasteiger partial charge in [0.05, 0.1) is 23.1 Å². The molecule has 7 nitrogen and oxygen atoms in total. The van der Waals surface area contributed by atoms with Crippen LogP contribution in [0.2, 0.25) is 0 Å². The van der Waals surface area contributed by atoms with Gasteiger partial charge >= 0.3 is 5.97 Å². The number of anilines is 1. The van der Waals surface area contributed by atoms with Gasteiger partial charge in [-0.2, -0.15) is 0 Å². The topological polar surface area (TPSA) is 94.6 Å². The molecule has 0 fully saturated rings. The lowest BCUT2D eigenvalue weighted by Gasteiger charge is -2.05. The Bertz CT molecular complexity index is 683. The maximum absolute atomic E-state index is 11.2. The second-order valence-corrected chi connectivity index (χ2v) is 4.89. The second kappa shape index (κ2) is 6.40. The Labute approximate surface area is 128 Å². The van der Waals surface area contributed by atoms with Crippen LogP contribution in [0.25, 0.3) is 0 Å². The Kier molecular flexibility index (Phi) is 4.59. The largest absolute Gasteiger partial charge is 0.463 e. The number of methoxy groups -OCH3 is 1. The van der Waals surface area contributed by atoms with Gasteiger partial charge in [0.1, 0.15) is 5.76 Å². The molecule has 0 spiro atoms. The van der Waals surface area contributed by atoms with Crippen LogP contribution in [0.15, 0.2) is 39.2 Å². The van der Waals surface area contributed by atoms with Crippen molar-refractivity contribution < 1.29 is 18.9 Å². The zero-order chi connectivity index (χ0) is 15.4. The van der Waals surface area contributed by atoms with Crippen molar-refractivity contribution in [3.05, 3.63) is 56.4 Å². The van der Waals surface area contributed by atoms with Crippen LogP contribution in [-0.2, 0) is 11.3 Å². The Hall–Kier alpha value is -2.35. The molecule has 0 aliphatic heterocycles. The van der Waals surface area contributed by atoms with E-state index in [1.807, 2.05) is 0 Å². The molecule has 0 saturated carbocycles. The molecule has 0 unspecified atom stereocenters. The van der Waals surface area contributed by atoms with Gasteiger partial charge in [0.2, 0.25) is 5.76 Å². The van der Waals surface area contributed by atoms with Gasteiger partial charge in [0.25, 0.3) is 5.69 Å². The molecule has 0 atom stereocenters. The fourth-order valence-electron chi connectivity index (χ4n) is 1.64. The predicted molar refractivity (Wildman–Crippen MR) is 78.2 cm³/mol. The van der Waals surface area contributed by atoms with Crippen molar-refractivity contribution in [3.8, 4) is 0 Å². The third-order valence-electron chi connectivity index (χ3n) is 2.66. The van der Waals surface area contributed by atoms with E-state index in [-0.39, 0.29) is 11.4 Å². The Morgan fingerprint density at radius 2 is 2.19 bits per heavy atom. The summed E-state index contributed by atoms with van der Waals surface area (Å²) in [5, 5.41) is 13.7. The van der Waals surface area contributed by atoms with Crippen molar-refractivity contribution in [2.45, 2.75) is 6.54 Å². The molecule has 0 bridgehead atoms. The highest BCUT2D eigenvalue weighted by Crippen LogP contribution is 2.27. The molecule has 0 amide bonds. The number of hydrogen-bond acceptors (Lipinski definition) is 6. The molecule has 0 aliphatic rings. The number of rotatable bonds is 5. The summed E-state index contributed by atoms with van der Waals surface area (Å²) >= 11 is 3.14. The number of hydrogen-bond donors (Lipinski definition) is 1. The molecule has 0 aliphatic carbocycles. The summed E-state index contributed by atoms with van der Waals surface area (Å²) in [6.07, 6.45) is 0. The molecule has 8 heteroatoms. The standard InChI is InChI=1S/C13H11BrN2O5/c1-20-13(17)12-5-3-9(21-12)7-15-8-2-4-11(16(18)19)10(14)6-8/h2-6,15H,7H2,1H3. The zero-order valence-electron chi connectivity index (χ0n) is 11.0. The molecular weight excluding hydrogens is 344 g/mol. The molecule has 1 heterocycles. The molecule has 2 rings (SSSR count). The van der Waals surface area contributed by atoms with E-state index < -0.39 is 10.9 Å². The van der Waals surface area contributed by atoms with Crippen LogP contribution in [0.5, 0.6) is 0 Å². The smallest absolute Gasteiger partial charge is 0.373 e. The molecule has 1 N–H and O–H groups in total. The van der Waals surface area contributed by atoms with Crippen molar-refractivity contribution in [1.29, 1.82) is 0 Å². The van der Waals surface area contributed by atoms with E-state index in [4.69, 9.17) is 4.42 Å². The molecule has 110 valence electrons. The number of carbonyl (C=O) groups excluding carboxylic acids is 1. The third-order valence-corrected chi connectivity index (χ3v) is 3.29. The zero-order valence-corrected chi connectivity index (χ0v) is 12.5. The Morgan fingerprint density at radius 3 is 2.81 bits per heavy atom. The van der Waals surface area contributed by atoms with Gasteiger partial charge in [-0.3, -0.25) is 10.1 Å². The van der Waals surface area contributed by atoms with Crippen LogP contribution in [-0.4, -0.2) is 18.0 Å². The Morgan fingerprint density at radius 1 is 1.43 bits per heavy atom. The van der Waals surface area contributed by atoms with Gasteiger partial charge in [-0.05, 0) is 40.2 Å². The Balaban J connectivity index is 2.03. The average Bonchev–Trinajstić information content (AvgIpc) is 2.92. The van der Waals surface area contributed by atoms with Gasteiger partial charge in [0, 0.05) is 11.8 Å². The van der Waals surface area contributed by atoms with E-state index in [0.29, 0.717) is 22.5 Å². The monoisotopic (exact) mass is 354 g/mol. The summed E-state index contributed by atoms with van der Waals surface area (Å²) < 4.78 is 10.2.